The van der Waals surface area contributed by atoms with Crippen molar-refractivity contribution >= 4 is 11.8 Å². The molecule has 1 saturated heterocycles. The van der Waals surface area contributed by atoms with E-state index in [0.29, 0.717) is 43.5 Å². The number of allylic oxidation sites excluding steroid dienone is 2. The maximum atomic E-state index is 13.9. The highest BCUT2D eigenvalue weighted by molar-refractivity contribution is 5.82. The molecule has 25 heavy (non-hydrogen) atoms. The van der Waals surface area contributed by atoms with Crippen LogP contribution in [0.1, 0.15) is 24.8 Å². The summed E-state index contributed by atoms with van der Waals surface area (Å²) in [4.78, 5) is 28.8. The normalized spacial score (nSPS) is 28.5. The number of hydrogen-bond acceptors (Lipinski definition) is 2. The molecule has 0 aromatic heterocycles. The molecule has 3 atom stereocenters. The van der Waals surface area contributed by atoms with Crippen molar-refractivity contribution in [1.29, 1.82) is 0 Å². The van der Waals surface area contributed by atoms with E-state index in [2.05, 4.69) is 12.2 Å². The first kappa shape index (κ1) is 16.3. The van der Waals surface area contributed by atoms with Gasteiger partial charge in [-0.15, -0.1) is 0 Å². The Kier molecular flexibility index (Phi) is 4.32. The number of amides is 2. The Hall–Kier alpha value is -2.17. The van der Waals surface area contributed by atoms with Gasteiger partial charge in [0.25, 0.3) is 0 Å². The summed E-state index contributed by atoms with van der Waals surface area (Å²) in [5, 5.41) is 0. The average molecular weight is 342 g/mol. The minimum atomic E-state index is -0.291. The second-order valence-corrected chi connectivity index (χ2v) is 7.37. The molecule has 3 aliphatic rings. The fourth-order valence-corrected chi connectivity index (χ4v) is 4.39. The molecule has 1 saturated carbocycles. The second kappa shape index (κ2) is 6.62. The fourth-order valence-electron chi connectivity index (χ4n) is 4.39. The lowest BCUT2D eigenvalue weighted by atomic mass is 9.92. The van der Waals surface area contributed by atoms with Gasteiger partial charge in [-0.1, -0.05) is 30.4 Å². The highest BCUT2D eigenvalue weighted by Gasteiger charge is 2.41. The number of hydrogen-bond donors (Lipinski definition) is 0. The summed E-state index contributed by atoms with van der Waals surface area (Å²) in [6.07, 6.45) is 6.78. The first-order valence-corrected chi connectivity index (χ1v) is 9.10. The predicted octanol–water partition coefficient (Wildman–Crippen LogP) is 2.60. The molecule has 1 aromatic carbocycles. The Morgan fingerprint density at radius 1 is 1.12 bits per heavy atom. The number of nitrogens with zero attached hydrogens (tertiary/aromatic N) is 2. The zero-order chi connectivity index (χ0) is 17.4. The van der Waals surface area contributed by atoms with Gasteiger partial charge in [0.2, 0.25) is 11.8 Å². The van der Waals surface area contributed by atoms with Crippen LogP contribution in [-0.4, -0.2) is 41.2 Å². The zero-order valence-electron chi connectivity index (χ0n) is 14.2. The lowest BCUT2D eigenvalue weighted by molar-refractivity contribution is -0.136. The number of carbonyl (C=O) groups excluding carboxylic acids is 2. The minimum absolute atomic E-state index is 0.00797. The first-order valence-electron chi connectivity index (χ1n) is 9.10. The summed E-state index contributed by atoms with van der Waals surface area (Å²) in [5.74, 6) is 0.921. The van der Waals surface area contributed by atoms with E-state index in [1.165, 1.54) is 6.07 Å². The third-order valence-corrected chi connectivity index (χ3v) is 5.81. The lowest BCUT2D eigenvalue weighted by Gasteiger charge is -2.27. The van der Waals surface area contributed by atoms with E-state index in [4.69, 9.17) is 0 Å². The van der Waals surface area contributed by atoms with E-state index < -0.39 is 0 Å². The lowest BCUT2D eigenvalue weighted by Crippen LogP contribution is -2.40. The molecule has 0 N–H and O–H groups in total. The molecule has 2 bridgehead atoms. The van der Waals surface area contributed by atoms with Crippen LogP contribution in [0.4, 0.5) is 4.39 Å². The summed E-state index contributed by atoms with van der Waals surface area (Å²) >= 11 is 0. The van der Waals surface area contributed by atoms with Crippen LogP contribution in [0.5, 0.6) is 0 Å². The molecular formula is C20H23FN2O2. The van der Waals surface area contributed by atoms with Gasteiger partial charge in [0, 0.05) is 44.1 Å². The number of benzene rings is 1. The summed E-state index contributed by atoms with van der Waals surface area (Å²) in [5.41, 5.74) is 0.522. The molecule has 4 rings (SSSR count). The standard InChI is InChI=1S/C20H23FN2O2/c21-18-4-2-1-3-16(18)13-23-10-9-22(8-7-19(23)24)20(25)17-12-14-5-6-15(17)11-14/h1-6,14-15,17H,7-13H2/t14-,15+,17+/m0/s1. The number of rotatable bonds is 3. The van der Waals surface area contributed by atoms with Crippen LogP contribution in [-0.2, 0) is 16.1 Å². The van der Waals surface area contributed by atoms with E-state index >= 15 is 0 Å². The van der Waals surface area contributed by atoms with Crippen molar-refractivity contribution in [3.8, 4) is 0 Å². The number of halogens is 1. The summed E-state index contributed by atoms with van der Waals surface area (Å²) in [7, 11) is 0. The predicted molar refractivity (Wildman–Crippen MR) is 91.9 cm³/mol. The Balaban J connectivity index is 1.41. The van der Waals surface area contributed by atoms with E-state index in [-0.39, 0.29) is 30.1 Å². The van der Waals surface area contributed by atoms with Crippen LogP contribution < -0.4 is 0 Å². The van der Waals surface area contributed by atoms with Gasteiger partial charge in [0.05, 0.1) is 0 Å². The molecule has 5 heteroatoms. The largest absolute Gasteiger partial charge is 0.340 e. The Labute approximate surface area is 147 Å². The van der Waals surface area contributed by atoms with Crippen LogP contribution in [0.15, 0.2) is 36.4 Å². The van der Waals surface area contributed by atoms with Gasteiger partial charge in [-0.2, -0.15) is 0 Å². The van der Waals surface area contributed by atoms with Crippen molar-refractivity contribution in [2.75, 3.05) is 19.6 Å². The van der Waals surface area contributed by atoms with E-state index in [1.807, 2.05) is 4.90 Å². The van der Waals surface area contributed by atoms with Crippen LogP contribution in [0.2, 0.25) is 0 Å². The molecule has 2 amide bonds. The fraction of sp³-hybridized carbons (Fsp3) is 0.500. The molecule has 0 radical (unpaired) electrons. The average Bonchev–Trinajstić information content (AvgIpc) is 3.20. The Morgan fingerprint density at radius 3 is 2.68 bits per heavy atom. The highest BCUT2D eigenvalue weighted by atomic mass is 19.1. The maximum Gasteiger partial charge on any atom is 0.226 e. The molecule has 0 spiro atoms. The number of fused-ring (bicyclic) bond motifs is 2. The molecule has 132 valence electrons. The molecule has 2 aliphatic carbocycles. The third kappa shape index (κ3) is 3.20. The van der Waals surface area contributed by atoms with Crippen LogP contribution in [0.3, 0.4) is 0 Å². The minimum Gasteiger partial charge on any atom is -0.340 e. The van der Waals surface area contributed by atoms with Gasteiger partial charge in [-0.05, 0) is 30.7 Å². The summed E-state index contributed by atoms with van der Waals surface area (Å²) in [6.45, 7) is 1.75. The SMILES string of the molecule is O=C1CCN(C(=O)[C@@H]2C[C@H]3C=C[C@@H]2C3)CCN1Cc1ccccc1F. The smallest absolute Gasteiger partial charge is 0.226 e. The van der Waals surface area contributed by atoms with E-state index in [9.17, 15) is 14.0 Å². The highest BCUT2D eigenvalue weighted by Crippen LogP contribution is 2.44. The first-order chi connectivity index (χ1) is 12.1. The molecule has 1 heterocycles. The van der Waals surface area contributed by atoms with Gasteiger partial charge < -0.3 is 9.80 Å². The Bertz CT molecular complexity index is 717. The second-order valence-electron chi connectivity index (χ2n) is 7.37. The van der Waals surface area contributed by atoms with Gasteiger partial charge in [-0.25, -0.2) is 4.39 Å². The van der Waals surface area contributed by atoms with Crippen LogP contribution in [0, 0.1) is 23.6 Å². The van der Waals surface area contributed by atoms with E-state index in [0.717, 1.165) is 12.8 Å². The van der Waals surface area contributed by atoms with Crippen molar-refractivity contribution in [2.24, 2.45) is 17.8 Å². The summed E-state index contributed by atoms with van der Waals surface area (Å²) < 4.78 is 13.9. The van der Waals surface area contributed by atoms with Crippen LogP contribution >= 0.6 is 0 Å². The molecule has 0 unspecified atom stereocenters. The molecule has 1 aromatic rings. The molecule has 4 nitrogen and oxygen atoms in total. The van der Waals surface area contributed by atoms with Crippen molar-refractivity contribution in [3.05, 3.63) is 47.8 Å². The Morgan fingerprint density at radius 2 is 1.96 bits per heavy atom. The van der Waals surface area contributed by atoms with Gasteiger partial charge in [0.1, 0.15) is 5.82 Å². The third-order valence-electron chi connectivity index (χ3n) is 5.81. The van der Waals surface area contributed by atoms with Gasteiger partial charge >= 0.3 is 0 Å². The summed E-state index contributed by atoms with van der Waals surface area (Å²) in [6, 6.07) is 6.54. The van der Waals surface area contributed by atoms with Crippen molar-refractivity contribution < 1.29 is 14.0 Å². The van der Waals surface area contributed by atoms with Gasteiger partial charge in [-0.3, -0.25) is 9.59 Å². The topological polar surface area (TPSA) is 40.6 Å². The van der Waals surface area contributed by atoms with Crippen molar-refractivity contribution in [2.45, 2.75) is 25.8 Å². The van der Waals surface area contributed by atoms with Gasteiger partial charge in [0.15, 0.2) is 0 Å². The van der Waals surface area contributed by atoms with Crippen molar-refractivity contribution in [3.63, 3.8) is 0 Å². The van der Waals surface area contributed by atoms with Crippen molar-refractivity contribution in [1.82, 2.24) is 9.80 Å². The van der Waals surface area contributed by atoms with E-state index in [1.54, 1.807) is 23.1 Å². The number of carbonyl (C=O) groups is 2. The van der Waals surface area contributed by atoms with Crippen LogP contribution in [0.25, 0.3) is 0 Å². The quantitative estimate of drug-likeness (QED) is 0.792. The molecular weight excluding hydrogens is 319 g/mol. The maximum absolute atomic E-state index is 13.9. The molecule has 2 fully saturated rings. The molecule has 1 aliphatic heterocycles. The zero-order valence-corrected chi connectivity index (χ0v) is 14.2. The monoisotopic (exact) mass is 342 g/mol.